The number of carbonyl (C=O) groups is 4. The number of carboxylic acids is 2. The molecule has 10 aromatic rings. The molecule has 0 bridgehead atoms. The number of carbonyl (C=O) groups excluding carboxylic acids is 4. The molecule has 10 rings (SSSR count). The first-order valence-electron chi connectivity index (χ1n) is 27.3. The molecule has 0 unspecified atom stereocenters. The van der Waals surface area contributed by atoms with Crippen LogP contribution in [-0.4, -0.2) is 78.8 Å². The zero-order valence-corrected chi connectivity index (χ0v) is 50.2. The molecular formula is C64H66Cl2N14O6. The van der Waals surface area contributed by atoms with Gasteiger partial charge >= 0.3 is 0 Å². The number of rotatable bonds is 15. The van der Waals surface area contributed by atoms with E-state index in [1.165, 1.54) is 35.4 Å². The second kappa shape index (κ2) is 32.6. The van der Waals surface area contributed by atoms with Crippen LogP contribution in [-0.2, 0) is 14.1 Å². The molecule has 442 valence electrons. The minimum atomic E-state index is -1.37. The summed E-state index contributed by atoms with van der Waals surface area (Å²) in [5, 5.41) is 44.0. The van der Waals surface area contributed by atoms with Crippen LogP contribution in [0.4, 0.5) is 35.2 Å². The van der Waals surface area contributed by atoms with Crippen molar-refractivity contribution in [3.63, 3.8) is 0 Å². The van der Waals surface area contributed by atoms with Crippen LogP contribution in [0.25, 0.3) is 32.7 Å². The van der Waals surface area contributed by atoms with Crippen molar-refractivity contribution in [3.05, 3.63) is 215 Å². The molecule has 0 saturated carbocycles. The lowest BCUT2D eigenvalue weighted by atomic mass is 10.1. The molecule has 86 heavy (non-hydrogen) atoms. The normalized spacial score (nSPS) is 10.3. The number of aromatic carboxylic acids is 2. The highest BCUT2D eigenvalue weighted by Gasteiger charge is 2.15. The fourth-order valence-corrected chi connectivity index (χ4v) is 8.29. The Morgan fingerprint density at radius 1 is 0.430 bits per heavy atom. The van der Waals surface area contributed by atoms with E-state index in [0.29, 0.717) is 35.2 Å². The Labute approximate surface area is 508 Å². The van der Waals surface area contributed by atoms with Gasteiger partial charge in [-0.3, -0.25) is 9.59 Å². The van der Waals surface area contributed by atoms with Gasteiger partial charge in [0.1, 0.15) is 14.1 Å². The lowest BCUT2D eigenvalue weighted by Gasteiger charge is -2.12. The number of fused-ring (bicyclic) bond motifs is 2. The summed E-state index contributed by atoms with van der Waals surface area (Å²) < 4.78 is 4.07. The first-order valence-corrected chi connectivity index (χ1v) is 28.0. The topological polar surface area (TPSA) is 272 Å². The summed E-state index contributed by atoms with van der Waals surface area (Å²) in [6.45, 7) is 13.5. The quantitative estimate of drug-likeness (QED) is 0.0522. The predicted octanol–water partition coefficient (Wildman–Crippen LogP) is 9.47. The SMILES string of the molecule is CC(C)Nc1nc(Cl)nc(NC(C)C)n1.CCNc1nc(Cl)nc(NCC)n1.C[n+]1ccc(-c2cc[n+](C)cc2)cc1.O=C([O-])c1ccccc1C(=O)Nc1cccc2ccccc12.O=C([O-])c1ccccc1C(=O)Nc1cccc2ccccc12. The maximum atomic E-state index is 12.4. The molecule has 20 nitrogen and oxygen atoms in total. The lowest BCUT2D eigenvalue weighted by molar-refractivity contribution is -0.671. The fraction of sp³-hybridized carbons (Fsp3) is 0.188. The van der Waals surface area contributed by atoms with Crippen molar-refractivity contribution in [2.24, 2.45) is 14.1 Å². The smallest absolute Gasteiger partial charge is 0.256 e. The van der Waals surface area contributed by atoms with Gasteiger partial charge < -0.3 is 51.7 Å². The fourth-order valence-electron chi connectivity index (χ4n) is 7.97. The Kier molecular flexibility index (Phi) is 24.6. The van der Waals surface area contributed by atoms with Crippen LogP contribution in [0, 0.1) is 0 Å². The molecule has 0 saturated heterocycles. The van der Waals surface area contributed by atoms with Crippen LogP contribution in [0.3, 0.4) is 0 Å². The second-order valence-corrected chi connectivity index (χ2v) is 20.0. The van der Waals surface area contributed by atoms with Gasteiger partial charge in [0.25, 0.3) is 11.8 Å². The highest BCUT2D eigenvalue weighted by molar-refractivity contribution is 6.28. The van der Waals surface area contributed by atoms with Crippen molar-refractivity contribution < 1.29 is 38.5 Å². The molecule has 0 radical (unpaired) electrons. The van der Waals surface area contributed by atoms with Crippen molar-refractivity contribution in [3.8, 4) is 11.1 Å². The van der Waals surface area contributed by atoms with Crippen molar-refractivity contribution in [2.45, 2.75) is 53.6 Å². The van der Waals surface area contributed by atoms with Gasteiger partial charge in [0.15, 0.2) is 24.8 Å². The Morgan fingerprint density at radius 2 is 0.744 bits per heavy atom. The van der Waals surface area contributed by atoms with E-state index >= 15 is 0 Å². The van der Waals surface area contributed by atoms with E-state index in [0.717, 1.165) is 34.6 Å². The van der Waals surface area contributed by atoms with Crippen molar-refractivity contribution >= 4 is 104 Å². The van der Waals surface area contributed by atoms with Gasteiger partial charge in [0.2, 0.25) is 34.4 Å². The largest absolute Gasteiger partial charge is 0.545 e. The van der Waals surface area contributed by atoms with E-state index in [2.05, 4.69) is 111 Å². The predicted molar refractivity (Wildman–Crippen MR) is 335 cm³/mol. The first kappa shape index (κ1) is 65.0. The highest BCUT2D eigenvalue weighted by atomic mass is 35.5. The molecule has 4 aromatic heterocycles. The van der Waals surface area contributed by atoms with Crippen molar-refractivity contribution in [2.75, 3.05) is 45.0 Å². The average Bonchev–Trinajstić information content (AvgIpc) is 2.40. The number of nitrogens with one attached hydrogen (secondary N) is 6. The molecule has 6 N–H and O–H groups in total. The van der Waals surface area contributed by atoms with Crippen LogP contribution < -0.4 is 51.2 Å². The third-order valence-corrected chi connectivity index (χ3v) is 12.2. The van der Waals surface area contributed by atoms with Crippen molar-refractivity contribution in [1.82, 2.24) is 29.9 Å². The summed E-state index contributed by atoms with van der Waals surface area (Å²) in [6.07, 6.45) is 8.23. The third-order valence-electron chi connectivity index (χ3n) is 11.9. The number of hydrogen-bond acceptors (Lipinski definition) is 16. The average molecular weight is 1200 g/mol. The van der Waals surface area contributed by atoms with Crippen molar-refractivity contribution in [1.29, 1.82) is 0 Å². The Hall–Kier alpha value is -10.2. The van der Waals surface area contributed by atoms with Gasteiger partial charge in [-0.1, -0.05) is 109 Å². The van der Waals surface area contributed by atoms with Crippen LogP contribution in [0.15, 0.2) is 183 Å². The summed E-state index contributed by atoms with van der Waals surface area (Å²) in [7, 11) is 4.05. The minimum absolute atomic E-state index is 0.0791. The summed E-state index contributed by atoms with van der Waals surface area (Å²) in [5.74, 6) is -1.71. The molecule has 0 atom stereocenters. The molecule has 0 fully saturated rings. The second-order valence-electron chi connectivity index (χ2n) is 19.3. The Balaban J connectivity index is 0.000000175. The maximum Gasteiger partial charge on any atom is 0.256 e. The summed E-state index contributed by atoms with van der Waals surface area (Å²) in [6, 6.07) is 47.4. The van der Waals surface area contributed by atoms with E-state index in [4.69, 9.17) is 23.2 Å². The number of hydrogen-bond donors (Lipinski definition) is 6. The van der Waals surface area contributed by atoms with Gasteiger partial charge in [-0.05, 0) is 111 Å². The first-order chi connectivity index (χ1) is 41.3. The Bertz CT molecular complexity index is 3640. The van der Waals surface area contributed by atoms with Crippen LogP contribution in [0.5, 0.6) is 0 Å². The summed E-state index contributed by atoms with van der Waals surface area (Å²) >= 11 is 11.5. The van der Waals surface area contributed by atoms with E-state index in [9.17, 15) is 29.4 Å². The van der Waals surface area contributed by atoms with Crippen LogP contribution in [0.1, 0.15) is 83.0 Å². The van der Waals surface area contributed by atoms with E-state index < -0.39 is 23.8 Å². The monoisotopic (exact) mass is 1200 g/mol. The standard InChI is InChI=1S/2C18H13NO3.C12H14N2.C9H16ClN5.C7H12ClN5/c2*20-17(14-9-3-4-10-15(14)18(21)22)19-16-11-5-7-12-6-1-2-8-13(12)16;1-13-7-3-11(4-8-13)12-5-9-14(2)10-6-12;1-5(2)11-8-13-7(10)14-9(15-8)12-6(3)4;1-3-9-6-11-5(8)12-7(13-6)10-4-2/h2*1-11H,(H,19,20)(H,21,22);3-10H,1-2H3;5-6H,1-4H3,(H2,11,12,13,14,15);3-4H2,1-2H3,(H2,9,10,11,12,13)/q;;+2;;/p-2. The number of aromatic nitrogens is 8. The molecule has 6 aromatic carbocycles. The third kappa shape index (κ3) is 20.0. The zero-order chi connectivity index (χ0) is 62.1. The number of anilines is 6. The number of nitrogens with zero attached hydrogens (tertiary/aromatic N) is 8. The minimum Gasteiger partial charge on any atom is -0.545 e. The number of benzene rings is 6. The van der Waals surface area contributed by atoms with E-state index in [-0.39, 0.29) is 44.9 Å². The molecule has 22 heteroatoms. The number of halogens is 2. The number of aryl methyl sites for hydroxylation is 2. The van der Waals surface area contributed by atoms with Gasteiger partial charge in [-0.25, -0.2) is 9.13 Å². The summed E-state index contributed by atoms with van der Waals surface area (Å²) in [4.78, 5) is 71.0. The molecule has 0 aliphatic heterocycles. The van der Waals surface area contributed by atoms with Crippen LogP contribution in [0.2, 0.25) is 10.6 Å². The van der Waals surface area contributed by atoms with Gasteiger partial charge in [-0.15, -0.1) is 0 Å². The molecular weight excluding hydrogens is 1130 g/mol. The van der Waals surface area contributed by atoms with Gasteiger partial charge in [-0.2, -0.15) is 29.9 Å². The molecule has 4 heterocycles. The Morgan fingerprint density at radius 3 is 1.09 bits per heavy atom. The van der Waals surface area contributed by atoms with Crippen LogP contribution >= 0.6 is 23.2 Å². The number of pyridine rings is 2. The number of carboxylic acid groups (broad SMARTS) is 2. The summed E-state index contributed by atoms with van der Waals surface area (Å²) in [5.41, 5.74) is 3.69. The molecule has 2 amide bonds. The molecule has 0 aliphatic rings. The zero-order valence-electron chi connectivity index (χ0n) is 48.7. The number of amides is 2. The molecule has 0 aliphatic carbocycles. The van der Waals surface area contributed by atoms with E-state index in [1.807, 2.05) is 138 Å². The lowest BCUT2D eigenvalue weighted by Crippen LogP contribution is -2.26. The highest BCUT2D eigenvalue weighted by Crippen LogP contribution is 2.26. The maximum absolute atomic E-state index is 12.4. The van der Waals surface area contributed by atoms with Gasteiger partial charge in [0, 0.05) is 93.8 Å². The molecule has 0 spiro atoms. The van der Waals surface area contributed by atoms with Gasteiger partial charge in [0.05, 0.1) is 11.9 Å². The van der Waals surface area contributed by atoms with E-state index in [1.54, 1.807) is 36.4 Å².